The third-order valence-corrected chi connectivity index (χ3v) is 2.85. The van der Waals surface area contributed by atoms with Crippen molar-refractivity contribution in [2.45, 2.75) is 25.0 Å². The topological polar surface area (TPSA) is 107 Å². The number of aliphatic imine (C=N–C) groups is 1. The maximum absolute atomic E-state index is 8.99. The number of nitrogens with zero attached hydrogens (tertiary/aromatic N) is 1. The number of aliphatic hydroxyl groups is 1. The molecule has 0 saturated carbocycles. The van der Waals surface area contributed by atoms with Crippen molar-refractivity contribution in [1.82, 2.24) is 4.98 Å². The lowest BCUT2D eigenvalue weighted by atomic mass is 10.1. The Morgan fingerprint density at radius 2 is 2.47 bits per heavy atom. The minimum atomic E-state index is -0.0701. The van der Waals surface area contributed by atoms with E-state index in [4.69, 9.17) is 21.0 Å². The maximum atomic E-state index is 8.99. The molecule has 0 unspecified atom stereocenters. The molecule has 2 heterocycles. The van der Waals surface area contributed by atoms with E-state index in [-0.39, 0.29) is 24.7 Å². The smallest absolute Gasteiger partial charge is 0.148 e. The van der Waals surface area contributed by atoms with E-state index in [9.17, 15) is 0 Å². The fraction of sp³-hybridized carbons (Fsp3) is 0.455. The van der Waals surface area contributed by atoms with Gasteiger partial charge in [0.15, 0.2) is 0 Å². The van der Waals surface area contributed by atoms with E-state index in [1.54, 1.807) is 0 Å². The van der Waals surface area contributed by atoms with Crippen molar-refractivity contribution in [3.63, 3.8) is 0 Å². The van der Waals surface area contributed by atoms with E-state index in [1.165, 1.54) is 0 Å². The number of amidine groups is 1. The quantitative estimate of drug-likeness (QED) is 0.452. The molecule has 1 aromatic rings. The van der Waals surface area contributed by atoms with Crippen LogP contribution < -0.4 is 5.73 Å². The van der Waals surface area contributed by atoms with Gasteiger partial charge in [0.2, 0.25) is 0 Å². The Bertz CT molecular complexity index is 427. The van der Waals surface area contributed by atoms with Gasteiger partial charge in [0, 0.05) is 5.69 Å². The van der Waals surface area contributed by atoms with Gasteiger partial charge in [-0.2, -0.15) is 0 Å². The second kappa shape index (κ2) is 5.11. The Kier molecular flexibility index (Phi) is 3.55. The van der Waals surface area contributed by atoms with E-state index < -0.39 is 0 Å². The zero-order valence-corrected chi connectivity index (χ0v) is 9.39. The number of nitrogens with one attached hydrogen (secondary N) is 2. The van der Waals surface area contributed by atoms with Crippen LogP contribution in [0.2, 0.25) is 0 Å². The summed E-state index contributed by atoms with van der Waals surface area (Å²) in [6.45, 7) is 0.0570. The molecular formula is C11H16N4O2. The van der Waals surface area contributed by atoms with Crippen molar-refractivity contribution in [2.24, 2.45) is 10.7 Å². The first-order valence-electron chi connectivity index (χ1n) is 5.52. The van der Waals surface area contributed by atoms with Gasteiger partial charge in [0.1, 0.15) is 12.2 Å². The summed E-state index contributed by atoms with van der Waals surface area (Å²) in [6, 6.07) is 3.71. The number of ether oxygens (including phenoxy) is 1. The summed E-state index contributed by atoms with van der Waals surface area (Å²) in [4.78, 5) is 6.81. The lowest BCUT2D eigenvalue weighted by Gasteiger charge is -2.10. The van der Waals surface area contributed by atoms with E-state index in [0.717, 1.165) is 24.9 Å². The molecule has 0 spiro atoms. The number of aliphatic hydroxyl groups excluding tert-OH is 1. The molecule has 0 aromatic carbocycles. The molecule has 92 valence electrons. The van der Waals surface area contributed by atoms with Crippen LogP contribution in [0.1, 0.15) is 30.3 Å². The molecule has 5 N–H and O–H groups in total. The number of aromatic amines is 1. The van der Waals surface area contributed by atoms with Gasteiger partial charge in [-0.15, -0.1) is 0 Å². The van der Waals surface area contributed by atoms with Gasteiger partial charge in [-0.3, -0.25) is 5.41 Å². The van der Waals surface area contributed by atoms with Gasteiger partial charge in [0.25, 0.3) is 0 Å². The average molecular weight is 236 g/mol. The molecule has 0 aliphatic carbocycles. The fourth-order valence-electron chi connectivity index (χ4n) is 1.96. The van der Waals surface area contributed by atoms with Gasteiger partial charge in [-0.1, -0.05) is 0 Å². The molecule has 0 radical (unpaired) electrons. The van der Waals surface area contributed by atoms with Gasteiger partial charge in [-0.05, 0) is 25.0 Å². The predicted octanol–water partition coefficient (Wildman–Crippen LogP) is 0.539. The van der Waals surface area contributed by atoms with Crippen LogP contribution in [0.15, 0.2) is 17.1 Å². The van der Waals surface area contributed by atoms with Gasteiger partial charge >= 0.3 is 0 Å². The molecule has 1 fully saturated rings. The maximum Gasteiger partial charge on any atom is 0.148 e. The lowest BCUT2D eigenvalue weighted by molar-refractivity contribution is 0.00943. The normalized spacial score (nSPS) is 25.1. The molecule has 1 aromatic heterocycles. The summed E-state index contributed by atoms with van der Waals surface area (Å²) in [5.41, 5.74) is 7.27. The molecule has 17 heavy (non-hydrogen) atoms. The van der Waals surface area contributed by atoms with Crippen LogP contribution in [-0.2, 0) is 4.74 Å². The van der Waals surface area contributed by atoms with Gasteiger partial charge < -0.3 is 20.6 Å². The average Bonchev–Trinajstić information content (AvgIpc) is 2.98. The highest BCUT2D eigenvalue weighted by atomic mass is 16.5. The van der Waals surface area contributed by atoms with Crippen molar-refractivity contribution in [3.05, 3.63) is 23.5 Å². The highest BCUT2D eigenvalue weighted by Crippen LogP contribution is 2.31. The van der Waals surface area contributed by atoms with E-state index >= 15 is 0 Å². The van der Waals surface area contributed by atoms with E-state index in [0.29, 0.717) is 5.69 Å². The van der Waals surface area contributed by atoms with Crippen LogP contribution in [0.5, 0.6) is 0 Å². The Hall–Kier alpha value is -1.66. The first-order valence-corrected chi connectivity index (χ1v) is 5.52. The predicted molar refractivity (Wildman–Crippen MR) is 64.2 cm³/mol. The molecule has 0 amide bonds. The summed E-state index contributed by atoms with van der Waals surface area (Å²) >= 11 is 0. The highest BCUT2D eigenvalue weighted by molar-refractivity contribution is 5.99. The fourth-order valence-corrected chi connectivity index (χ4v) is 1.96. The zero-order valence-electron chi connectivity index (χ0n) is 9.39. The van der Waals surface area contributed by atoms with Crippen molar-refractivity contribution in [2.75, 3.05) is 6.61 Å². The number of H-pyrrole nitrogens is 1. The molecule has 6 nitrogen and oxygen atoms in total. The first kappa shape index (κ1) is 11.8. The Balaban J connectivity index is 2.09. The SMILES string of the molecule is N=CN=C(N)c1ccc([C@H]2CC[C@@H](CO)O2)[nH]1. The van der Waals surface area contributed by atoms with Crippen LogP contribution in [0.4, 0.5) is 0 Å². The molecule has 0 bridgehead atoms. The first-order chi connectivity index (χ1) is 8.24. The largest absolute Gasteiger partial charge is 0.394 e. The van der Waals surface area contributed by atoms with E-state index in [1.807, 2.05) is 12.1 Å². The van der Waals surface area contributed by atoms with Crippen molar-refractivity contribution in [1.29, 1.82) is 5.41 Å². The molecule has 2 atom stereocenters. The molecule has 1 aliphatic rings. The number of hydrogen-bond acceptors (Lipinski definition) is 3. The van der Waals surface area contributed by atoms with Crippen LogP contribution in [0.3, 0.4) is 0 Å². The number of rotatable bonds is 4. The standard InChI is InChI=1S/C11H16N4O2/c12-6-14-11(13)9-3-2-8(15-9)10-4-1-7(5-16)17-10/h2-3,6-7,10,15-16H,1,4-5H2,(H3,12,13,14)/t7-,10+/m0/s1. The lowest BCUT2D eigenvalue weighted by Crippen LogP contribution is -2.14. The molecule has 6 heteroatoms. The van der Waals surface area contributed by atoms with Crippen molar-refractivity contribution < 1.29 is 9.84 Å². The summed E-state index contributed by atoms with van der Waals surface area (Å²) in [5.74, 6) is 0.281. The number of nitrogens with two attached hydrogens (primary N) is 1. The van der Waals surface area contributed by atoms with E-state index in [2.05, 4.69) is 9.98 Å². The minimum absolute atomic E-state index is 0.0197. The van der Waals surface area contributed by atoms with Crippen LogP contribution in [-0.4, -0.2) is 35.0 Å². The Morgan fingerprint density at radius 3 is 3.12 bits per heavy atom. The summed E-state index contributed by atoms with van der Waals surface area (Å²) < 4.78 is 5.64. The molecule has 1 aliphatic heterocycles. The molecule has 2 rings (SSSR count). The number of aromatic nitrogens is 1. The van der Waals surface area contributed by atoms with Crippen LogP contribution >= 0.6 is 0 Å². The van der Waals surface area contributed by atoms with Crippen molar-refractivity contribution in [3.8, 4) is 0 Å². The van der Waals surface area contributed by atoms with Gasteiger partial charge in [-0.25, -0.2) is 4.99 Å². The molecule has 1 saturated heterocycles. The zero-order chi connectivity index (χ0) is 12.3. The Labute approximate surface area is 99.0 Å². The summed E-state index contributed by atoms with van der Waals surface area (Å²) in [5, 5.41) is 15.8. The van der Waals surface area contributed by atoms with Crippen LogP contribution in [0, 0.1) is 5.41 Å². The third-order valence-electron chi connectivity index (χ3n) is 2.85. The number of hydrogen-bond donors (Lipinski definition) is 4. The minimum Gasteiger partial charge on any atom is -0.394 e. The Morgan fingerprint density at radius 1 is 1.65 bits per heavy atom. The second-order valence-electron chi connectivity index (χ2n) is 3.98. The monoisotopic (exact) mass is 236 g/mol. The van der Waals surface area contributed by atoms with Crippen molar-refractivity contribution >= 4 is 12.2 Å². The third kappa shape index (κ3) is 2.54. The molecular weight excluding hydrogens is 220 g/mol. The van der Waals surface area contributed by atoms with Gasteiger partial charge in [0.05, 0.1) is 24.5 Å². The summed E-state index contributed by atoms with van der Waals surface area (Å²) in [6.07, 6.45) is 2.56. The van der Waals surface area contributed by atoms with Crippen LogP contribution in [0.25, 0.3) is 0 Å². The summed E-state index contributed by atoms with van der Waals surface area (Å²) in [7, 11) is 0. The highest BCUT2D eigenvalue weighted by Gasteiger charge is 2.26. The second-order valence-corrected chi connectivity index (χ2v) is 3.98.